The lowest BCUT2D eigenvalue weighted by molar-refractivity contribution is -0.126. The monoisotopic (exact) mass is 834 g/mol. The Labute approximate surface area is 335 Å². The first kappa shape index (κ1) is 47.1. The van der Waals surface area contributed by atoms with Gasteiger partial charge in [0.15, 0.2) is 0 Å². The predicted molar refractivity (Wildman–Crippen MR) is 217 cm³/mol. The summed E-state index contributed by atoms with van der Waals surface area (Å²) in [6.45, 7) is 8.28. The van der Waals surface area contributed by atoms with Gasteiger partial charge >= 0.3 is 7.82 Å². The normalized spacial score (nSPS) is 13.0. The molecule has 3 aromatic carbocycles. The molecule has 314 valence electrons. The number of halogens is 1. The number of hydrogen-bond acceptors (Lipinski definition) is 10. The molecule has 1 unspecified atom stereocenters. The van der Waals surface area contributed by atoms with E-state index in [2.05, 4.69) is 30.1 Å². The van der Waals surface area contributed by atoms with E-state index >= 15 is 0 Å². The van der Waals surface area contributed by atoms with Crippen molar-refractivity contribution in [3.63, 3.8) is 0 Å². The van der Waals surface area contributed by atoms with Gasteiger partial charge in [0.25, 0.3) is 5.91 Å². The molecule has 57 heavy (non-hydrogen) atoms. The molecule has 0 aliphatic rings. The SMILES string of the molecule is CN(C)c1ccc(N=Nc2ccc(S(=O)(=O)NC(C)(C)CCOC(C)(C)CCC(=O)NCCCCCCNC(=O)C(F)c3ccccc3OP(=O)(O)O)cc2)cc1. The third-order valence-electron chi connectivity index (χ3n) is 8.74. The molecule has 0 bridgehead atoms. The first-order valence-electron chi connectivity index (χ1n) is 18.7. The molecule has 0 heterocycles. The van der Waals surface area contributed by atoms with Crippen LogP contribution in [0.5, 0.6) is 5.75 Å². The molecule has 0 aliphatic carbocycles. The number of phosphoric acid groups is 1. The molecular weight excluding hydrogens is 779 g/mol. The quantitative estimate of drug-likeness (QED) is 0.0349. The van der Waals surface area contributed by atoms with Crippen LogP contribution in [0.1, 0.15) is 84.4 Å². The number of para-hydroxylation sites is 1. The van der Waals surface area contributed by atoms with Gasteiger partial charge in [-0.3, -0.25) is 19.4 Å². The number of azo groups is 1. The summed E-state index contributed by atoms with van der Waals surface area (Å²) < 4.78 is 65.5. The van der Waals surface area contributed by atoms with Crippen LogP contribution in [0, 0.1) is 0 Å². The van der Waals surface area contributed by atoms with Crippen LogP contribution in [-0.2, 0) is 28.9 Å². The smallest absolute Gasteiger partial charge is 0.404 e. The van der Waals surface area contributed by atoms with E-state index < -0.39 is 46.8 Å². The lowest BCUT2D eigenvalue weighted by Crippen LogP contribution is -2.44. The number of sulfonamides is 1. The van der Waals surface area contributed by atoms with Crippen molar-refractivity contribution in [3.8, 4) is 5.75 Å². The Morgan fingerprint density at radius 3 is 1.98 bits per heavy atom. The molecule has 0 aromatic heterocycles. The number of ether oxygens (including phenoxy) is 1. The average Bonchev–Trinajstić information content (AvgIpc) is 3.13. The molecule has 0 spiro atoms. The molecule has 0 aliphatic heterocycles. The number of carbonyl (C=O) groups excluding carboxylic acids is 2. The van der Waals surface area contributed by atoms with Crippen molar-refractivity contribution in [2.75, 3.05) is 38.7 Å². The highest BCUT2D eigenvalue weighted by molar-refractivity contribution is 7.89. The van der Waals surface area contributed by atoms with Gasteiger partial charge in [-0.25, -0.2) is 22.1 Å². The van der Waals surface area contributed by atoms with Gasteiger partial charge in [-0.2, -0.15) is 10.2 Å². The number of alkyl halides is 1. The van der Waals surface area contributed by atoms with Crippen LogP contribution >= 0.6 is 7.82 Å². The van der Waals surface area contributed by atoms with Crippen LogP contribution in [0.25, 0.3) is 0 Å². The molecule has 3 rings (SSSR count). The molecule has 18 heteroatoms. The summed E-state index contributed by atoms with van der Waals surface area (Å²) in [5.74, 6) is -1.46. The maximum atomic E-state index is 14.7. The number of nitrogens with one attached hydrogen (secondary N) is 3. The number of benzene rings is 3. The first-order chi connectivity index (χ1) is 26.7. The fourth-order valence-corrected chi connectivity index (χ4v) is 7.30. The molecule has 1 atom stereocenters. The van der Waals surface area contributed by atoms with Crippen molar-refractivity contribution in [2.45, 2.75) is 94.8 Å². The van der Waals surface area contributed by atoms with Crippen molar-refractivity contribution < 1.29 is 46.0 Å². The van der Waals surface area contributed by atoms with E-state index in [1.54, 1.807) is 26.0 Å². The second kappa shape index (κ2) is 21.5. The highest BCUT2D eigenvalue weighted by atomic mass is 32.2. The summed E-state index contributed by atoms with van der Waals surface area (Å²) in [5.41, 5.74) is 0.516. The maximum Gasteiger partial charge on any atom is 0.524 e. The van der Waals surface area contributed by atoms with Crippen LogP contribution < -0.4 is 24.8 Å². The predicted octanol–water partition coefficient (Wildman–Crippen LogP) is 7.17. The summed E-state index contributed by atoms with van der Waals surface area (Å²) in [6.07, 6.45) is 1.72. The molecule has 15 nitrogen and oxygen atoms in total. The Balaban J connectivity index is 1.29. The van der Waals surface area contributed by atoms with Crippen molar-refractivity contribution in [2.24, 2.45) is 10.2 Å². The third kappa shape index (κ3) is 17.4. The van der Waals surface area contributed by atoms with E-state index in [-0.39, 0.29) is 35.9 Å². The van der Waals surface area contributed by atoms with E-state index in [0.29, 0.717) is 43.6 Å². The van der Waals surface area contributed by atoms with E-state index in [0.717, 1.165) is 18.5 Å². The Morgan fingerprint density at radius 1 is 0.842 bits per heavy atom. The molecule has 0 fully saturated rings. The Hall–Kier alpha value is -4.25. The summed E-state index contributed by atoms with van der Waals surface area (Å²) >= 11 is 0. The largest absolute Gasteiger partial charge is 0.524 e. The number of anilines is 1. The second-order valence-corrected chi connectivity index (χ2v) is 17.8. The molecule has 3 aromatic rings. The van der Waals surface area contributed by atoms with Gasteiger partial charge in [0.05, 0.1) is 21.9 Å². The number of rotatable bonds is 24. The van der Waals surface area contributed by atoms with Crippen LogP contribution in [-0.4, -0.2) is 75.0 Å². The van der Waals surface area contributed by atoms with Gasteiger partial charge in [-0.15, -0.1) is 0 Å². The molecule has 5 N–H and O–H groups in total. The van der Waals surface area contributed by atoms with Gasteiger partial charge in [0, 0.05) is 57.0 Å². The van der Waals surface area contributed by atoms with E-state index in [4.69, 9.17) is 14.5 Å². The topological polar surface area (TPSA) is 208 Å². The van der Waals surface area contributed by atoms with Crippen LogP contribution in [0.15, 0.2) is 87.9 Å². The standard InChI is InChI=1S/C39H56FN6O9PS/c1-38(2,45-57(52,53)32-21-17-30(18-22-32)44-43-29-15-19-31(20-16-29)46(5)6)25-28-54-39(3,4)24-23-35(47)41-26-11-7-8-12-27-42-37(48)36(40)33-13-9-10-14-34(33)55-56(49,50)51/h9-10,13-22,36,45H,7-8,11-12,23-28H2,1-6H3,(H,41,47)(H,42,48)(H2,49,50,51). The van der Waals surface area contributed by atoms with Crippen LogP contribution in [0.3, 0.4) is 0 Å². The fourth-order valence-electron chi connectivity index (χ4n) is 5.43. The number of unbranched alkanes of at least 4 members (excludes halogenated alkanes) is 3. The van der Waals surface area contributed by atoms with E-state index in [1.807, 2.05) is 57.1 Å². The number of phosphoric ester groups is 1. The van der Waals surface area contributed by atoms with Crippen LogP contribution in [0.4, 0.5) is 21.5 Å². The average molecular weight is 835 g/mol. The highest BCUT2D eigenvalue weighted by Gasteiger charge is 2.29. The van der Waals surface area contributed by atoms with E-state index in [1.165, 1.54) is 36.4 Å². The zero-order valence-corrected chi connectivity index (χ0v) is 35.1. The minimum Gasteiger partial charge on any atom is -0.404 e. The van der Waals surface area contributed by atoms with Gasteiger partial charge in [0.2, 0.25) is 22.1 Å². The Bertz CT molecular complexity index is 1940. The van der Waals surface area contributed by atoms with Gasteiger partial charge in [-0.05, 0) is 108 Å². The van der Waals surface area contributed by atoms with Gasteiger partial charge in [0.1, 0.15) is 5.75 Å². The number of amides is 2. The number of hydrogen-bond donors (Lipinski definition) is 5. The van der Waals surface area contributed by atoms with Crippen LogP contribution in [0.2, 0.25) is 0 Å². The number of nitrogens with zero attached hydrogens (tertiary/aromatic N) is 3. The Kier molecular flexibility index (Phi) is 17.8. The molecular formula is C39H56FN6O9PS. The zero-order valence-electron chi connectivity index (χ0n) is 33.4. The van der Waals surface area contributed by atoms with E-state index in [9.17, 15) is 27.0 Å². The lowest BCUT2D eigenvalue weighted by atomic mass is 10.0. The maximum absolute atomic E-state index is 14.7. The van der Waals surface area contributed by atoms with Gasteiger partial charge in [-0.1, -0.05) is 31.0 Å². The van der Waals surface area contributed by atoms with Crippen molar-refractivity contribution >= 4 is 46.7 Å². The van der Waals surface area contributed by atoms with Crippen molar-refractivity contribution in [1.82, 2.24) is 15.4 Å². The summed E-state index contributed by atoms with van der Waals surface area (Å²) in [4.78, 5) is 44.9. The summed E-state index contributed by atoms with van der Waals surface area (Å²) in [7, 11) is -4.85. The third-order valence-corrected chi connectivity index (χ3v) is 10.9. The molecule has 0 saturated heterocycles. The minimum atomic E-state index is -4.93. The van der Waals surface area contributed by atoms with Gasteiger partial charge < -0.3 is 24.8 Å². The molecule has 0 saturated carbocycles. The van der Waals surface area contributed by atoms with Crippen molar-refractivity contribution in [3.05, 3.63) is 78.4 Å². The summed E-state index contributed by atoms with van der Waals surface area (Å²) in [5, 5.41) is 13.8. The minimum absolute atomic E-state index is 0.104. The highest BCUT2D eigenvalue weighted by Crippen LogP contribution is 2.41. The molecule has 0 radical (unpaired) electrons. The summed E-state index contributed by atoms with van der Waals surface area (Å²) in [6, 6.07) is 19.0. The number of carbonyl (C=O) groups is 2. The van der Waals surface area contributed by atoms with Crippen molar-refractivity contribution in [1.29, 1.82) is 0 Å². The Morgan fingerprint density at radius 2 is 1.40 bits per heavy atom. The molecule has 2 amide bonds. The zero-order chi connectivity index (χ0) is 42.3. The fraction of sp³-hybridized carbons (Fsp3) is 0.487. The second-order valence-electron chi connectivity index (χ2n) is 15.0. The lowest BCUT2D eigenvalue weighted by Gasteiger charge is -2.30. The first-order valence-corrected chi connectivity index (χ1v) is 21.7.